The van der Waals surface area contributed by atoms with Gasteiger partial charge >= 0.3 is 0 Å². The van der Waals surface area contributed by atoms with E-state index in [-0.39, 0.29) is 29.1 Å². The molecule has 0 saturated heterocycles. The zero-order chi connectivity index (χ0) is 20.2. The molecule has 0 aliphatic carbocycles. The van der Waals surface area contributed by atoms with Crippen molar-refractivity contribution in [2.45, 2.75) is 52.1 Å². The molecular weight excluding hydrogens is 343 g/mol. The number of benzene rings is 2. The van der Waals surface area contributed by atoms with Gasteiger partial charge in [-0.05, 0) is 54.7 Å². The van der Waals surface area contributed by atoms with Crippen LogP contribution in [-0.2, 0) is 10.2 Å². The van der Waals surface area contributed by atoms with Gasteiger partial charge in [0.05, 0.1) is 6.04 Å². The summed E-state index contributed by atoms with van der Waals surface area (Å²) in [7, 11) is 0. The second kappa shape index (κ2) is 8.33. The van der Waals surface area contributed by atoms with E-state index >= 15 is 0 Å². The van der Waals surface area contributed by atoms with E-state index in [4.69, 9.17) is 0 Å². The normalized spacial score (nSPS) is 13.6. The zero-order valence-electron chi connectivity index (χ0n) is 16.5. The molecule has 0 radical (unpaired) electrons. The van der Waals surface area contributed by atoms with E-state index in [2.05, 4.69) is 31.4 Å². The molecular formula is C22H27FN2O2. The highest BCUT2D eigenvalue weighted by Gasteiger charge is 2.20. The van der Waals surface area contributed by atoms with Crippen molar-refractivity contribution in [3.05, 3.63) is 71.0 Å². The molecule has 4 nitrogen and oxygen atoms in total. The first kappa shape index (κ1) is 20.6. The lowest BCUT2D eigenvalue weighted by Gasteiger charge is -2.20. The van der Waals surface area contributed by atoms with Crippen LogP contribution in [-0.4, -0.2) is 17.9 Å². The van der Waals surface area contributed by atoms with Crippen molar-refractivity contribution in [2.24, 2.45) is 0 Å². The molecule has 5 heteroatoms. The number of hydrogen-bond acceptors (Lipinski definition) is 2. The molecule has 0 aromatic heterocycles. The van der Waals surface area contributed by atoms with E-state index < -0.39 is 6.04 Å². The minimum absolute atomic E-state index is 0.0126. The minimum atomic E-state index is -0.692. The molecule has 2 unspecified atom stereocenters. The number of nitrogens with one attached hydrogen (secondary N) is 2. The van der Waals surface area contributed by atoms with Gasteiger partial charge in [-0.2, -0.15) is 0 Å². The Morgan fingerprint density at radius 1 is 0.889 bits per heavy atom. The van der Waals surface area contributed by atoms with Gasteiger partial charge in [0.15, 0.2) is 0 Å². The first-order valence-corrected chi connectivity index (χ1v) is 9.05. The molecule has 2 aromatic carbocycles. The molecule has 0 bridgehead atoms. The average molecular weight is 370 g/mol. The molecule has 2 aromatic rings. The van der Waals surface area contributed by atoms with Gasteiger partial charge in [-0.3, -0.25) is 9.59 Å². The van der Waals surface area contributed by atoms with Crippen molar-refractivity contribution < 1.29 is 14.0 Å². The molecule has 0 heterocycles. The van der Waals surface area contributed by atoms with Gasteiger partial charge in [0.2, 0.25) is 5.91 Å². The number of halogens is 1. The first-order chi connectivity index (χ1) is 12.6. The van der Waals surface area contributed by atoms with Gasteiger partial charge in [-0.1, -0.05) is 45.0 Å². The largest absolute Gasteiger partial charge is 0.348 e. The molecule has 0 fully saturated rings. The number of hydrogen-bond donors (Lipinski definition) is 2. The first-order valence-electron chi connectivity index (χ1n) is 9.05. The van der Waals surface area contributed by atoms with Gasteiger partial charge in [-0.25, -0.2) is 4.39 Å². The third-order valence-corrected chi connectivity index (χ3v) is 4.48. The Balaban J connectivity index is 1.95. The summed E-state index contributed by atoms with van der Waals surface area (Å²) in [5, 5.41) is 5.53. The van der Waals surface area contributed by atoms with Crippen molar-refractivity contribution in [3.63, 3.8) is 0 Å². The quantitative estimate of drug-likeness (QED) is 0.832. The van der Waals surface area contributed by atoms with Crippen LogP contribution in [0.1, 0.15) is 62.1 Å². The smallest absolute Gasteiger partial charge is 0.251 e. The number of carbonyl (C=O) groups is 2. The fourth-order valence-corrected chi connectivity index (χ4v) is 2.64. The van der Waals surface area contributed by atoms with Crippen molar-refractivity contribution in [1.29, 1.82) is 0 Å². The summed E-state index contributed by atoms with van der Waals surface area (Å²) in [6.45, 7) is 9.77. The molecule has 27 heavy (non-hydrogen) atoms. The summed E-state index contributed by atoms with van der Waals surface area (Å²) in [6.07, 6.45) is 0. The average Bonchev–Trinajstić information content (AvgIpc) is 2.61. The maximum absolute atomic E-state index is 13.0. The van der Waals surface area contributed by atoms with Crippen LogP contribution in [0.25, 0.3) is 0 Å². The van der Waals surface area contributed by atoms with Gasteiger partial charge in [0.1, 0.15) is 11.9 Å². The maximum atomic E-state index is 13.0. The fourth-order valence-electron chi connectivity index (χ4n) is 2.64. The topological polar surface area (TPSA) is 58.2 Å². The molecule has 0 saturated carbocycles. The summed E-state index contributed by atoms with van der Waals surface area (Å²) in [5.41, 5.74) is 2.45. The third-order valence-electron chi connectivity index (χ3n) is 4.48. The Morgan fingerprint density at radius 2 is 1.44 bits per heavy atom. The Bertz CT molecular complexity index is 793. The highest BCUT2D eigenvalue weighted by molar-refractivity contribution is 5.97. The van der Waals surface area contributed by atoms with Crippen molar-refractivity contribution in [1.82, 2.24) is 10.6 Å². The summed E-state index contributed by atoms with van der Waals surface area (Å²) >= 11 is 0. The number of carbonyl (C=O) groups excluding carboxylic acids is 2. The maximum Gasteiger partial charge on any atom is 0.251 e. The molecule has 0 aliphatic heterocycles. The van der Waals surface area contributed by atoms with Gasteiger partial charge in [-0.15, -0.1) is 0 Å². The standard InChI is InChI=1S/C22H27FN2O2/c1-14(16-8-12-19(23)13-9-16)24-20(26)15(2)25-21(27)17-6-10-18(11-7-17)22(3,4)5/h6-15H,1-5H3,(H,24,26)(H,25,27). The molecule has 2 rings (SSSR count). The van der Waals surface area contributed by atoms with Gasteiger partial charge < -0.3 is 10.6 Å². The van der Waals surface area contributed by atoms with Crippen LogP contribution in [0.3, 0.4) is 0 Å². The summed E-state index contributed by atoms with van der Waals surface area (Å²) in [5.74, 6) is -0.922. The van der Waals surface area contributed by atoms with Crippen LogP contribution in [0.15, 0.2) is 48.5 Å². The van der Waals surface area contributed by atoms with Crippen LogP contribution in [0, 0.1) is 5.82 Å². The minimum Gasteiger partial charge on any atom is -0.348 e. The van der Waals surface area contributed by atoms with Crippen LogP contribution in [0.2, 0.25) is 0 Å². The lowest BCUT2D eigenvalue weighted by atomic mass is 9.86. The Hall–Kier alpha value is -2.69. The SMILES string of the molecule is CC(NC(=O)c1ccc(C(C)(C)C)cc1)C(=O)NC(C)c1ccc(F)cc1. The zero-order valence-corrected chi connectivity index (χ0v) is 16.5. The lowest BCUT2D eigenvalue weighted by Crippen LogP contribution is -2.45. The Kier molecular flexibility index (Phi) is 6.37. The Morgan fingerprint density at radius 3 is 1.96 bits per heavy atom. The summed E-state index contributed by atoms with van der Waals surface area (Å²) < 4.78 is 13.0. The number of rotatable bonds is 5. The van der Waals surface area contributed by atoms with E-state index in [1.54, 1.807) is 31.2 Å². The Labute approximate surface area is 160 Å². The van der Waals surface area contributed by atoms with Crippen LogP contribution >= 0.6 is 0 Å². The molecule has 144 valence electrons. The monoisotopic (exact) mass is 370 g/mol. The van der Waals surface area contributed by atoms with Crippen molar-refractivity contribution in [3.8, 4) is 0 Å². The van der Waals surface area contributed by atoms with E-state index in [1.807, 2.05) is 19.1 Å². The highest BCUT2D eigenvalue weighted by atomic mass is 19.1. The van der Waals surface area contributed by atoms with Crippen LogP contribution < -0.4 is 10.6 Å². The van der Waals surface area contributed by atoms with Gasteiger partial charge in [0, 0.05) is 5.56 Å². The lowest BCUT2D eigenvalue weighted by molar-refractivity contribution is -0.123. The predicted molar refractivity (Wildman–Crippen MR) is 105 cm³/mol. The number of amides is 2. The van der Waals surface area contributed by atoms with E-state index in [1.165, 1.54) is 12.1 Å². The molecule has 2 amide bonds. The van der Waals surface area contributed by atoms with Crippen molar-refractivity contribution >= 4 is 11.8 Å². The molecule has 0 aliphatic rings. The fraction of sp³-hybridized carbons (Fsp3) is 0.364. The van der Waals surface area contributed by atoms with Crippen molar-refractivity contribution in [2.75, 3.05) is 0 Å². The molecule has 2 N–H and O–H groups in total. The van der Waals surface area contributed by atoms with E-state index in [0.29, 0.717) is 5.56 Å². The van der Waals surface area contributed by atoms with Crippen LogP contribution in [0.4, 0.5) is 4.39 Å². The highest BCUT2D eigenvalue weighted by Crippen LogP contribution is 2.22. The predicted octanol–water partition coefficient (Wildman–Crippen LogP) is 4.12. The van der Waals surface area contributed by atoms with Crippen LogP contribution in [0.5, 0.6) is 0 Å². The second-order valence-electron chi connectivity index (χ2n) is 7.80. The summed E-state index contributed by atoms with van der Waals surface area (Å²) in [4.78, 5) is 24.7. The second-order valence-corrected chi connectivity index (χ2v) is 7.80. The van der Waals surface area contributed by atoms with E-state index in [0.717, 1.165) is 11.1 Å². The third kappa shape index (κ3) is 5.64. The van der Waals surface area contributed by atoms with Gasteiger partial charge in [0.25, 0.3) is 5.91 Å². The molecule has 2 atom stereocenters. The summed E-state index contributed by atoms with van der Waals surface area (Å²) in [6, 6.07) is 12.4. The molecule has 0 spiro atoms. The van der Waals surface area contributed by atoms with E-state index in [9.17, 15) is 14.0 Å².